The van der Waals surface area contributed by atoms with Crippen LogP contribution >= 0.6 is 11.3 Å². The van der Waals surface area contributed by atoms with Crippen molar-refractivity contribution < 1.29 is 4.79 Å². The number of amides is 1. The van der Waals surface area contributed by atoms with Gasteiger partial charge in [-0.25, -0.2) is 4.98 Å². The number of rotatable bonds is 5. The van der Waals surface area contributed by atoms with Crippen molar-refractivity contribution >= 4 is 17.2 Å². The quantitative estimate of drug-likeness (QED) is 0.859. The number of nitrogens with zero attached hydrogens (tertiary/aromatic N) is 1. The largest absolute Gasteiger partial charge is 0.343 e. The van der Waals surface area contributed by atoms with Crippen LogP contribution < -0.4 is 11.1 Å². The molecule has 3 N–H and O–H groups in total. The molecule has 0 radical (unpaired) electrons. The molecule has 0 bridgehead atoms. The first-order valence-electron chi connectivity index (χ1n) is 6.65. The Hall–Kier alpha value is -0.940. The van der Waals surface area contributed by atoms with Gasteiger partial charge >= 0.3 is 0 Å². The van der Waals surface area contributed by atoms with Gasteiger partial charge in [0.15, 0.2) is 0 Å². The molecular weight excluding hydrogens is 246 g/mol. The van der Waals surface area contributed by atoms with Crippen LogP contribution in [0.2, 0.25) is 0 Å². The Morgan fingerprint density at radius 2 is 2.33 bits per heavy atom. The van der Waals surface area contributed by atoms with E-state index in [1.165, 1.54) is 0 Å². The molecule has 1 fully saturated rings. The Morgan fingerprint density at radius 1 is 1.61 bits per heavy atom. The Morgan fingerprint density at radius 3 is 2.89 bits per heavy atom. The van der Waals surface area contributed by atoms with E-state index in [-0.39, 0.29) is 11.4 Å². The van der Waals surface area contributed by atoms with E-state index in [4.69, 9.17) is 5.73 Å². The van der Waals surface area contributed by atoms with E-state index < -0.39 is 6.04 Å². The fourth-order valence-electron chi connectivity index (χ4n) is 2.60. The van der Waals surface area contributed by atoms with Crippen LogP contribution in [0.25, 0.3) is 0 Å². The molecular formula is C13H21N3OS. The van der Waals surface area contributed by atoms with Gasteiger partial charge in [0.25, 0.3) is 0 Å². The van der Waals surface area contributed by atoms with E-state index in [2.05, 4.69) is 10.3 Å². The maximum Gasteiger partial charge on any atom is 0.237 e. The summed E-state index contributed by atoms with van der Waals surface area (Å²) in [6, 6.07) is -0.396. The van der Waals surface area contributed by atoms with Crippen LogP contribution in [0, 0.1) is 0 Å². The van der Waals surface area contributed by atoms with Gasteiger partial charge in [0, 0.05) is 11.6 Å². The third-order valence-electron chi connectivity index (χ3n) is 3.60. The number of nitrogens with two attached hydrogens (primary N) is 1. The highest BCUT2D eigenvalue weighted by atomic mass is 32.1. The topological polar surface area (TPSA) is 68.0 Å². The van der Waals surface area contributed by atoms with Crippen molar-refractivity contribution in [1.82, 2.24) is 10.3 Å². The number of aromatic nitrogens is 1. The van der Waals surface area contributed by atoms with Gasteiger partial charge in [0.05, 0.1) is 11.6 Å². The molecule has 1 aliphatic rings. The average Bonchev–Trinajstić information content (AvgIpc) is 3.00. The van der Waals surface area contributed by atoms with E-state index in [0.29, 0.717) is 0 Å². The molecule has 4 nitrogen and oxygen atoms in total. The van der Waals surface area contributed by atoms with Crippen molar-refractivity contribution in [1.29, 1.82) is 0 Å². The summed E-state index contributed by atoms with van der Waals surface area (Å²) < 4.78 is 0. The first-order valence-corrected chi connectivity index (χ1v) is 7.53. The van der Waals surface area contributed by atoms with Crippen molar-refractivity contribution in [3.05, 3.63) is 16.6 Å². The van der Waals surface area contributed by atoms with Crippen molar-refractivity contribution in [3.8, 4) is 0 Å². The maximum absolute atomic E-state index is 12.1. The van der Waals surface area contributed by atoms with Crippen LogP contribution in [0.3, 0.4) is 0 Å². The summed E-state index contributed by atoms with van der Waals surface area (Å²) in [6.45, 7) is 2.04. The first-order chi connectivity index (χ1) is 8.68. The second kappa shape index (κ2) is 5.80. The molecule has 0 saturated heterocycles. The number of carbonyl (C=O) groups excluding carboxylic acids is 1. The van der Waals surface area contributed by atoms with Crippen molar-refractivity contribution in [2.24, 2.45) is 5.73 Å². The van der Waals surface area contributed by atoms with Gasteiger partial charge in [-0.15, -0.1) is 11.3 Å². The molecule has 1 aliphatic carbocycles. The smallest absolute Gasteiger partial charge is 0.237 e. The third-order valence-corrected chi connectivity index (χ3v) is 4.57. The van der Waals surface area contributed by atoms with Crippen LogP contribution in [0.4, 0.5) is 0 Å². The zero-order valence-electron chi connectivity index (χ0n) is 10.8. The number of hydrogen-bond donors (Lipinski definition) is 2. The van der Waals surface area contributed by atoms with Gasteiger partial charge in [-0.05, 0) is 19.3 Å². The standard InChI is InChI=1S/C13H21N3OS/c1-2-5-10(14)11(17)16-13(6-3-4-7-13)12-15-8-9-18-12/h8-10H,2-7,14H2,1H3,(H,16,17). The summed E-state index contributed by atoms with van der Waals surface area (Å²) in [5.41, 5.74) is 5.64. The van der Waals surface area contributed by atoms with Gasteiger partial charge in [-0.3, -0.25) is 4.79 Å². The Kier molecular flexibility index (Phi) is 4.35. The number of hydrogen-bond acceptors (Lipinski definition) is 4. The van der Waals surface area contributed by atoms with Gasteiger partial charge in [-0.1, -0.05) is 26.2 Å². The maximum atomic E-state index is 12.1. The minimum Gasteiger partial charge on any atom is -0.343 e. The number of nitrogens with one attached hydrogen (secondary N) is 1. The molecule has 100 valence electrons. The third kappa shape index (κ3) is 2.72. The van der Waals surface area contributed by atoms with Crippen molar-refractivity contribution in [3.63, 3.8) is 0 Å². The van der Waals surface area contributed by atoms with Crippen LogP contribution in [-0.4, -0.2) is 16.9 Å². The lowest BCUT2D eigenvalue weighted by Crippen LogP contribution is -2.50. The van der Waals surface area contributed by atoms with Crippen LogP contribution in [-0.2, 0) is 10.3 Å². The number of carbonyl (C=O) groups is 1. The van der Waals surface area contributed by atoms with E-state index >= 15 is 0 Å². The lowest BCUT2D eigenvalue weighted by Gasteiger charge is -2.29. The second-order valence-corrected chi connectivity index (χ2v) is 5.91. The molecule has 0 aromatic carbocycles. The Labute approximate surface area is 112 Å². The van der Waals surface area contributed by atoms with Crippen LogP contribution in [0.15, 0.2) is 11.6 Å². The summed E-state index contributed by atoms with van der Waals surface area (Å²) in [4.78, 5) is 16.5. The highest BCUT2D eigenvalue weighted by molar-refractivity contribution is 7.09. The molecule has 1 aromatic rings. The lowest BCUT2D eigenvalue weighted by atomic mass is 9.97. The summed E-state index contributed by atoms with van der Waals surface area (Å²) in [5, 5.41) is 6.15. The molecule has 1 heterocycles. The normalized spacial score (nSPS) is 19.7. The SMILES string of the molecule is CCCC(N)C(=O)NC1(c2nccs2)CCCC1. The minimum absolute atomic E-state index is 0.0334. The predicted molar refractivity (Wildman–Crippen MR) is 73.3 cm³/mol. The molecule has 0 spiro atoms. The summed E-state index contributed by atoms with van der Waals surface area (Å²) in [5.74, 6) is -0.0334. The molecule has 0 aliphatic heterocycles. The highest BCUT2D eigenvalue weighted by Gasteiger charge is 2.39. The molecule has 5 heteroatoms. The zero-order valence-corrected chi connectivity index (χ0v) is 11.6. The molecule has 2 rings (SSSR count). The van der Waals surface area contributed by atoms with E-state index in [1.807, 2.05) is 12.3 Å². The van der Waals surface area contributed by atoms with Crippen LogP contribution in [0.1, 0.15) is 50.5 Å². The molecule has 1 atom stereocenters. The van der Waals surface area contributed by atoms with E-state index in [0.717, 1.165) is 43.5 Å². The van der Waals surface area contributed by atoms with Gasteiger partial charge in [0.2, 0.25) is 5.91 Å². The van der Waals surface area contributed by atoms with Crippen molar-refractivity contribution in [2.75, 3.05) is 0 Å². The van der Waals surface area contributed by atoms with E-state index in [1.54, 1.807) is 17.5 Å². The highest BCUT2D eigenvalue weighted by Crippen LogP contribution is 2.39. The summed E-state index contributed by atoms with van der Waals surface area (Å²) >= 11 is 1.62. The average molecular weight is 267 g/mol. The van der Waals surface area contributed by atoms with Crippen LogP contribution in [0.5, 0.6) is 0 Å². The monoisotopic (exact) mass is 267 g/mol. The molecule has 1 unspecified atom stereocenters. The molecule has 1 saturated carbocycles. The van der Waals surface area contributed by atoms with E-state index in [9.17, 15) is 4.79 Å². The van der Waals surface area contributed by atoms with Gasteiger partial charge in [0.1, 0.15) is 5.01 Å². The van der Waals surface area contributed by atoms with Gasteiger partial charge < -0.3 is 11.1 Å². The summed E-state index contributed by atoms with van der Waals surface area (Å²) in [6.07, 6.45) is 7.71. The molecule has 1 amide bonds. The zero-order chi connectivity index (χ0) is 13.0. The minimum atomic E-state index is -0.396. The fourth-order valence-corrected chi connectivity index (χ4v) is 3.45. The second-order valence-electron chi connectivity index (χ2n) is 5.01. The Bertz CT molecular complexity index is 385. The molecule has 18 heavy (non-hydrogen) atoms. The fraction of sp³-hybridized carbons (Fsp3) is 0.692. The lowest BCUT2D eigenvalue weighted by molar-refractivity contribution is -0.124. The molecule has 1 aromatic heterocycles. The van der Waals surface area contributed by atoms with Crippen molar-refractivity contribution in [2.45, 2.75) is 57.0 Å². The predicted octanol–water partition coefficient (Wildman–Crippen LogP) is 2.16. The number of thiazole rings is 1. The summed E-state index contributed by atoms with van der Waals surface area (Å²) in [7, 11) is 0. The first kappa shape index (κ1) is 13.5. The Balaban J connectivity index is 2.10. The van der Waals surface area contributed by atoms with Gasteiger partial charge in [-0.2, -0.15) is 0 Å².